The molecule has 2 aliphatic heterocycles. The number of benzene rings is 1. The Labute approximate surface area is 189 Å². The van der Waals surface area contributed by atoms with Crippen LogP contribution in [0, 0.1) is 5.92 Å². The van der Waals surface area contributed by atoms with Gasteiger partial charge in [-0.15, -0.1) is 11.8 Å². The molecule has 0 saturated carbocycles. The van der Waals surface area contributed by atoms with E-state index < -0.39 is 46.0 Å². The van der Waals surface area contributed by atoms with Gasteiger partial charge in [-0.25, -0.2) is 0 Å². The topological polar surface area (TPSA) is 121 Å². The van der Waals surface area contributed by atoms with Crippen molar-refractivity contribution >= 4 is 35.2 Å². The van der Waals surface area contributed by atoms with E-state index in [1.165, 1.54) is 33.7 Å². The van der Waals surface area contributed by atoms with Crippen LogP contribution in [0.3, 0.4) is 0 Å². The molecule has 146 valence electrons. The molecule has 2 N–H and O–H groups in total. The molecule has 10 heteroatoms. The van der Waals surface area contributed by atoms with Crippen LogP contribution in [-0.4, -0.2) is 61.7 Å². The molecule has 2 saturated heterocycles. The molecule has 0 bridgehead atoms. The van der Waals surface area contributed by atoms with Crippen LogP contribution in [0.1, 0.15) is 20.8 Å². The number of hydrogen-bond acceptors (Lipinski definition) is 7. The van der Waals surface area contributed by atoms with Crippen molar-refractivity contribution in [1.82, 2.24) is 4.90 Å². The number of phenolic OH excluding ortho intramolecular Hbond substituents is 1. The van der Waals surface area contributed by atoms with E-state index in [1.807, 2.05) is 0 Å². The van der Waals surface area contributed by atoms with E-state index >= 15 is 0 Å². The van der Waals surface area contributed by atoms with Crippen LogP contribution in [0.5, 0.6) is 5.75 Å². The van der Waals surface area contributed by atoms with E-state index in [2.05, 4.69) is 0 Å². The zero-order valence-electron chi connectivity index (χ0n) is 16.2. The maximum Gasteiger partial charge on any atom is 1.00 e. The Hall–Kier alpha value is -1.26. The van der Waals surface area contributed by atoms with Crippen LogP contribution in [0.2, 0.25) is 0 Å². The number of nitrogens with zero attached hydrogens (tertiary/aromatic N) is 2. The maximum atomic E-state index is 12.8. The number of aliphatic hydroxyl groups is 1. The molecule has 28 heavy (non-hydrogen) atoms. The first kappa shape index (κ1) is 23.0. The minimum Gasteiger partial charge on any atom is -0.548 e. The van der Waals surface area contributed by atoms with Gasteiger partial charge in [-0.2, -0.15) is 0 Å². The summed E-state index contributed by atoms with van der Waals surface area (Å²) in [5.74, 6) is -3.63. The number of amides is 2. The van der Waals surface area contributed by atoms with Gasteiger partial charge in [0.2, 0.25) is 5.91 Å². The summed E-state index contributed by atoms with van der Waals surface area (Å²) in [6.07, 6.45) is -1.61. The van der Waals surface area contributed by atoms with Crippen molar-refractivity contribution in [2.75, 3.05) is 11.4 Å². The summed E-state index contributed by atoms with van der Waals surface area (Å²) in [7, 11) is 0. The van der Waals surface area contributed by atoms with Crippen LogP contribution in [-0.2, 0) is 14.4 Å². The number of β-lactam (4-membered cyclic amide) rings is 1. The number of carboxylic acids is 1. The molecular weight excluding hydrogens is 395 g/mol. The molecule has 2 aliphatic rings. The zero-order valence-corrected chi connectivity index (χ0v) is 19.0. The Morgan fingerprint density at radius 2 is 2.04 bits per heavy atom. The van der Waals surface area contributed by atoms with E-state index in [0.717, 1.165) is 0 Å². The van der Waals surface area contributed by atoms with Crippen molar-refractivity contribution < 1.29 is 59.3 Å². The van der Waals surface area contributed by atoms with Gasteiger partial charge in [-0.3, -0.25) is 9.59 Å². The number of hydrogen-bond donors (Lipinski definition) is 2. The quantitative estimate of drug-likeness (QED) is 0.378. The van der Waals surface area contributed by atoms with E-state index in [1.54, 1.807) is 32.9 Å². The number of carboxylic acid groups (broad SMARTS) is 1. The smallest absolute Gasteiger partial charge is 0.548 e. The molecule has 0 spiro atoms. The van der Waals surface area contributed by atoms with Gasteiger partial charge in [-0.1, -0.05) is 6.07 Å². The van der Waals surface area contributed by atoms with Crippen molar-refractivity contribution in [1.29, 1.82) is 0 Å². The third kappa shape index (κ3) is 3.66. The summed E-state index contributed by atoms with van der Waals surface area (Å²) in [4.78, 5) is 39.3. The van der Waals surface area contributed by atoms with Gasteiger partial charge in [0.25, 0.3) is 5.91 Å². The Kier molecular flexibility index (Phi) is 6.77. The van der Waals surface area contributed by atoms with E-state index in [4.69, 9.17) is 0 Å². The summed E-state index contributed by atoms with van der Waals surface area (Å²) in [5.41, 5.74) is 0.400. The SMILES string of the molecule is CCN(C(=O)[C@@H](O)[C@@H]1C(=O)N2[C@@H]1SC(C)(C)[C@@H]2C(=O)[O-])c1cccc(O)c1.[Na+]. The van der Waals surface area contributed by atoms with Crippen molar-refractivity contribution in [3.05, 3.63) is 24.3 Å². The third-order valence-electron chi connectivity index (χ3n) is 5.02. The van der Waals surface area contributed by atoms with Gasteiger partial charge in [0.05, 0.1) is 17.4 Å². The van der Waals surface area contributed by atoms with Crippen LogP contribution in [0.15, 0.2) is 24.3 Å². The summed E-state index contributed by atoms with van der Waals surface area (Å²) >= 11 is 1.24. The molecule has 2 fully saturated rings. The van der Waals surface area contributed by atoms with Crippen LogP contribution in [0.4, 0.5) is 5.69 Å². The van der Waals surface area contributed by atoms with E-state index in [0.29, 0.717) is 5.69 Å². The molecule has 0 unspecified atom stereocenters. The van der Waals surface area contributed by atoms with Gasteiger partial charge in [-0.05, 0) is 32.9 Å². The fourth-order valence-corrected chi connectivity index (χ4v) is 5.47. The zero-order chi connectivity index (χ0) is 20.1. The number of rotatable bonds is 5. The molecule has 8 nitrogen and oxygen atoms in total. The van der Waals surface area contributed by atoms with Crippen molar-refractivity contribution in [3.63, 3.8) is 0 Å². The molecule has 0 aliphatic carbocycles. The predicted molar refractivity (Wildman–Crippen MR) is 96.7 cm³/mol. The largest absolute Gasteiger partial charge is 1.00 e. The summed E-state index contributed by atoms with van der Waals surface area (Å²) in [6.45, 7) is 5.33. The average Bonchev–Trinajstić information content (AvgIpc) is 2.83. The second-order valence-corrected chi connectivity index (χ2v) is 8.92. The van der Waals surface area contributed by atoms with Gasteiger partial charge in [0.1, 0.15) is 17.8 Å². The number of aromatic hydroxyl groups is 1. The standard InChI is InChI=1S/C18H22N2O6S.Na/c1-4-19(9-6-5-7-10(21)8-9)15(24)12(22)11-14(23)20-13(17(25)26)18(2,3)27-16(11)20;/h5-8,11-13,16,21-22H,4H2,1-3H3,(H,25,26);/q;+1/p-1/t11-,12+,13+,16-;/m1./s1. The Morgan fingerprint density at radius 1 is 1.39 bits per heavy atom. The summed E-state index contributed by atoms with van der Waals surface area (Å²) in [6, 6.07) is 4.93. The Morgan fingerprint density at radius 3 is 2.57 bits per heavy atom. The number of thioether (sulfide) groups is 1. The normalized spacial score (nSPS) is 25.9. The molecule has 2 amide bonds. The molecule has 4 atom stereocenters. The van der Waals surface area contributed by atoms with E-state index in [9.17, 15) is 29.7 Å². The van der Waals surface area contributed by atoms with Crippen LogP contribution >= 0.6 is 11.8 Å². The van der Waals surface area contributed by atoms with Crippen molar-refractivity contribution in [3.8, 4) is 5.75 Å². The third-order valence-corrected chi connectivity index (χ3v) is 6.61. The first-order valence-corrected chi connectivity index (χ1v) is 9.47. The summed E-state index contributed by atoms with van der Waals surface area (Å²) in [5, 5.41) is 31.1. The molecule has 3 rings (SSSR count). The molecule has 0 aromatic heterocycles. The Balaban J connectivity index is 0.00000280. The Bertz CT molecular complexity index is 804. The van der Waals surface area contributed by atoms with Crippen molar-refractivity contribution in [2.24, 2.45) is 5.92 Å². The fourth-order valence-electron chi connectivity index (χ4n) is 3.75. The monoisotopic (exact) mass is 416 g/mol. The second kappa shape index (κ2) is 8.23. The number of aliphatic hydroxyl groups excluding tert-OH is 1. The molecular formula is C18H21N2NaO6S. The van der Waals surface area contributed by atoms with Gasteiger partial charge in [0.15, 0.2) is 0 Å². The molecule has 2 heterocycles. The second-order valence-electron chi connectivity index (χ2n) is 7.15. The van der Waals surface area contributed by atoms with Crippen LogP contribution in [0.25, 0.3) is 0 Å². The number of carbonyl (C=O) groups excluding carboxylic acids is 3. The maximum absolute atomic E-state index is 12.8. The first-order valence-electron chi connectivity index (χ1n) is 8.59. The van der Waals surface area contributed by atoms with Gasteiger partial charge in [0, 0.05) is 23.0 Å². The number of aliphatic carboxylic acids is 1. The number of phenols is 1. The van der Waals surface area contributed by atoms with Crippen LogP contribution < -0.4 is 39.6 Å². The fraction of sp³-hybridized carbons (Fsp3) is 0.500. The minimum absolute atomic E-state index is 0. The molecule has 1 aromatic carbocycles. The number of carbonyl (C=O) groups is 3. The average molecular weight is 416 g/mol. The van der Waals surface area contributed by atoms with Gasteiger partial charge < -0.3 is 29.9 Å². The molecule has 1 aromatic rings. The van der Waals surface area contributed by atoms with E-state index in [-0.39, 0.29) is 41.9 Å². The first-order chi connectivity index (χ1) is 12.6. The molecule has 0 radical (unpaired) electrons. The summed E-state index contributed by atoms with van der Waals surface area (Å²) < 4.78 is -0.785. The van der Waals surface area contributed by atoms with Crippen molar-refractivity contribution in [2.45, 2.75) is 43.0 Å². The number of fused-ring (bicyclic) bond motifs is 1. The van der Waals surface area contributed by atoms with Gasteiger partial charge >= 0.3 is 29.6 Å². The number of anilines is 1. The minimum atomic E-state index is -1.61. The predicted octanol–water partition coefficient (Wildman–Crippen LogP) is -3.46. The number of likely N-dealkylation sites (N-methyl/N-ethyl adjacent to an activating group) is 1.